The molecule has 0 aromatic carbocycles. The molecule has 1 heterocycles. The molecule has 0 amide bonds. The molecule has 6 atom stereocenters. The summed E-state index contributed by atoms with van der Waals surface area (Å²) in [4.78, 5) is 0. The molecule has 1 saturated heterocycles. The van der Waals surface area contributed by atoms with Gasteiger partial charge in [-0.1, -0.05) is 180 Å². The Balaban J connectivity index is 0.968. The van der Waals surface area contributed by atoms with Crippen molar-refractivity contribution in [1.82, 2.24) is 0 Å². The second-order valence-electron chi connectivity index (χ2n) is 16.5. The van der Waals surface area contributed by atoms with E-state index in [1.54, 1.807) is 12.8 Å². The lowest BCUT2D eigenvalue weighted by Crippen LogP contribution is -2.23. The largest absolute Gasteiger partial charge is 0.348 e. The fourth-order valence-corrected chi connectivity index (χ4v) is 8.37. The fraction of sp³-hybridized carbons (Fsp3) is 0.953. The van der Waals surface area contributed by atoms with E-state index in [1.165, 1.54) is 173 Å². The van der Waals surface area contributed by atoms with Crippen molar-refractivity contribution in [2.75, 3.05) is 6.61 Å². The van der Waals surface area contributed by atoms with Gasteiger partial charge in [-0.25, -0.2) is 0 Å². The predicted octanol–water partition coefficient (Wildman–Crippen LogP) is 14.2. The van der Waals surface area contributed by atoms with Crippen LogP contribution in [-0.4, -0.2) is 18.5 Å². The molecule has 0 bridgehead atoms. The average Bonchev–Trinajstić information content (AvgIpc) is 3.94. The molecule has 2 heteroatoms. The second kappa shape index (κ2) is 23.9. The summed E-state index contributed by atoms with van der Waals surface area (Å²) in [5, 5.41) is 0. The maximum Gasteiger partial charge on any atom is 0.163 e. The van der Waals surface area contributed by atoms with Crippen LogP contribution >= 0.6 is 0 Å². The summed E-state index contributed by atoms with van der Waals surface area (Å²) >= 11 is 0. The third-order valence-corrected chi connectivity index (χ3v) is 11.7. The third-order valence-electron chi connectivity index (χ3n) is 11.7. The van der Waals surface area contributed by atoms with Crippen LogP contribution < -0.4 is 0 Å². The number of rotatable bonds is 31. The summed E-state index contributed by atoms with van der Waals surface area (Å²) in [6.45, 7) is 9.62. The molecule has 3 rings (SSSR count). The molecular formula is C43H80O2. The number of unbranched alkanes of at least 4 members (excludes halogenated alkanes) is 22. The van der Waals surface area contributed by atoms with E-state index in [9.17, 15) is 0 Å². The number of allylic oxidation sites excluding steroid dienone is 2. The van der Waals surface area contributed by atoms with Crippen LogP contribution in [0.3, 0.4) is 0 Å². The summed E-state index contributed by atoms with van der Waals surface area (Å²) in [5.41, 5.74) is 0. The predicted molar refractivity (Wildman–Crippen MR) is 197 cm³/mol. The van der Waals surface area contributed by atoms with E-state index in [2.05, 4.69) is 26.0 Å². The first kappa shape index (κ1) is 39.1. The number of hydrogen-bond acceptors (Lipinski definition) is 2. The van der Waals surface area contributed by atoms with Crippen LogP contribution in [0.15, 0.2) is 12.2 Å². The monoisotopic (exact) mass is 629 g/mol. The molecule has 3 aliphatic rings. The van der Waals surface area contributed by atoms with Crippen LogP contribution in [0.1, 0.15) is 214 Å². The molecule has 0 N–H and O–H groups in total. The maximum absolute atomic E-state index is 6.09. The lowest BCUT2D eigenvalue weighted by molar-refractivity contribution is -0.141. The normalized spacial score (nSPS) is 26.2. The molecule has 45 heavy (non-hydrogen) atoms. The van der Waals surface area contributed by atoms with Crippen LogP contribution in [0.4, 0.5) is 0 Å². The van der Waals surface area contributed by atoms with Crippen LogP contribution in [0, 0.1) is 29.6 Å². The van der Waals surface area contributed by atoms with E-state index < -0.39 is 0 Å². The summed E-state index contributed by atoms with van der Waals surface area (Å²) in [5.74, 6) is 4.20. The summed E-state index contributed by atoms with van der Waals surface area (Å²) < 4.78 is 11.9. The van der Waals surface area contributed by atoms with Crippen LogP contribution in [-0.2, 0) is 9.47 Å². The zero-order valence-corrected chi connectivity index (χ0v) is 31.1. The standard InChI is InChI=1S/C43H80O2/c1-5-6-7-8-9-10-11-12-13-14-15-16-20-23-26-29-32-38-34-39(38)33-30-27-24-21-18-17-19-22-25-28-31-37(2)40-35-41(40)42-36-44-43(3,4)45-42/h25,28,37-42H,5-24,26-27,29-36H2,1-4H3/b28-25+/t37-,38-,39+,40+,41+,42+/m0/s1. The Kier molecular flexibility index (Phi) is 20.8. The maximum atomic E-state index is 6.09. The molecule has 0 aromatic heterocycles. The molecule has 2 aliphatic carbocycles. The molecule has 264 valence electrons. The van der Waals surface area contributed by atoms with Gasteiger partial charge in [0.2, 0.25) is 0 Å². The Morgan fingerprint density at radius 1 is 0.600 bits per heavy atom. The van der Waals surface area contributed by atoms with Crippen LogP contribution in [0.2, 0.25) is 0 Å². The lowest BCUT2D eigenvalue weighted by atomic mass is 9.98. The molecule has 1 aliphatic heterocycles. The average molecular weight is 629 g/mol. The van der Waals surface area contributed by atoms with Gasteiger partial charge in [0.25, 0.3) is 0 Å². The van der Waals surface area contributed by atoms with Crippen molar-refractivity contribution in [2.24, 2.45) is 29.6 Å². The number of ether oxygens (including phenoxy) is 2. The highest BCUT2D eigenvalue weighted by molar-refractivity contribution is 4.99. The van der Waals surface area contributed by atoms with E-state index >= 15 is 0 Å². The molecule has 0 unspecified atom stereocenters. The highest BCUT2D eigenvalue weighted by Crippen LogP contribution is 2.51. The Bertz CT molecular complexity index is 727. The van der Waals surface area contributed by atoms with Gasteiger partial charge in [0, 0.05) is 0 Å². The van der Waals surface area contributed by atoms with Gasteiger partial charge < -0.3 is 9.47 Å². The van der Waals surface area contributed by atoms with Crippen molar-refractivity contribution in [3.05, 3.63) is 12.2 Å². The van der Waals surface area contributed by atoms with Crippen molar-refractivity contribution in [2.45, 2.75) is 226 Å². The summed E-state index contributed by atoms with van der Waals surface area (Å²) in [6, 6.07) is 0. The topological polar surface area (TPSA) is 18.5 Å². The van der Waals surface area contributed by atoms with Crippen molar-refractivity contribution in [1.29, 1.82) is 0 Å². The van der Waals surface area contributed by atoms with Gasteiger partial charge in [0.15, 0.2) is 5.79 Å². The highest BCUT2D eigenvalue weighted by Gasteiger charge is 2.50. The van der Waals surface area contributed by atoms with Gasteiger partial charge in [-0.15, -0.1) is 0 Å². The van der Waals surface area contributed by atoms with Crippen molar-refractivity contribution >= 4 is 0 Å². The number of hydrogen-bond donors (Lipinski definition) is 0. The van der Waals surface area contributed by atoms with Gasteiger partial charge in [-0.3, -0.25) is 0 Å². The van der Waals surface area contributed by atoms with Gasteiger partial charge in [-0.05, 0) is 75.5 Å². The Morgan fingerprint density at radius 3 is 1.53 bits per heavy atom. The summed E-state index contributed by atoms with van der Waals surface area (Å²) in [6.07, 6.45) is 47.6. The minimum absolute atomic E-state index is 0.334. The minimum Gasteiger partial charge on any atom is -0.348 e. The minimum atomic E-state index is -0.369. The smallest absolute Gasteiger partial charge is 0.163 e. The molecule has 0 radical (unpaired) electrons. The lowest BCUT2D eigenvalue weighted by Gasteiger charge is -2.17. The zero-order chi connectivity index (χ0) is 32.0. The van der Waals surface area contributed by atoms with Crippen LogP contribution in [0.25, 0.3) is 0 Å². The van der Waals surface area contributed by atoms with Gasteiger partial charge >= 0.3 is 0 Å². The molecule has 2 saturated carbocycles. The fourth-order valence-electron chi connectivity index (χ4n) is 8.37. The van der Waals surface area contributed by atoms with E-state index in [0.717, 1.165) is 36.2 Å². The first-order chi connectivity index (χ1) is 22.0. The third kappa shape index (κ3) is 18.7. The first-order valence-electron chi connectivity index (χ1n) is 21.0. The van der Waals surface area contributed by atoms with Crippen molar-refractivity contribution in [3.63, 3.8) is 0 Å². The van der Waals surface area contributed by atoms with E-state index in [1.807, 2.05) is 13.8 Å². The van der Waals surface area contributed by atoms with Gasteiger partial charge in [0.05, 0.1) is 12.7 Å². The Morgan fingerprint density at radius 2 is 1.07 bits per heavy atom. The molecule has 2 nitrogen and oxygen atoms in total. The van der Waals surface area contributed by atoms with E-state index in [4.69, 9.17) is 9.47 Å². The van der Waals surface area contributed by atoms with Crippen molar-refractivity contribution < 1.29 is 9.47 Å². The van der Waals surface area contributed by atoms with E-state index in [0.29, 0.717) is 6.10 Å². The molecule has 0 aromatic rings. The van der Waals surface area contributed by atoms with Gasteiger partial charge in [0.1, 0.15) is 0 Å². The van der Waals surface area contributed by atoms with E-state index in [-0.39, 0.29) is 5.79 Å². The quantitative estimate of drug-likeness (QED) is 0.0562. The molecular weight excluding hydrogens is 548 g/mol. The molecule has 0 spiro atoms. The Labute approximate surface area is 283 Å². The van der Waals surface area contributed by atoms with Crippen molar-refractivity contribution in [3.8, 4) is 0 Å². The van der Waals surface area contributed by atoms with Crippen LogP contribution in [0.5, 0.6) is 0 Å². The molecule has 3 fully saturated rings. The SMILES string of the molecule is CCCCCCCCCCCCCCCCCC[C@H]1C[C@H]1CCCCCCCCC/C=C/C[C@H](C)[C@H]1C[C@H]1[C@H]1COC(C)(C)O1. The first-order valence-corrected chi connectivity index (χ1v) is 21.0. The Hall–Kier alpha value is -0.340. The second-order valence-corrected chi connectivity index (χ2v) is 16.5. The summed E-state index contributed by atoms with van der Waals surface area (Å²) in [7, 11) is 0. The van der Waals surface area contributed by atoms with Gasteiger partial charge in [-0.2, -0.15) is 0 Å². The zero-order valence-electron chi connectivity index (χ0n) is 31.1. The highest BCUT2D eigenvalue weighted by atomic mass is 16.7.